The normalized spacial score (nSPS) is 17.1. The van der Waals surface area contributed by atoms with Crippen LogP contribution in [0.25, 0.3) is 0 Å². The minimum atomic E-state index is -4.72. The molecule has 0 spiro atoms. The molecule has 32 heavy (non-hydrogen) atoms. The second-order valence-electron chi connectivity index (χ2n) is 7.59. The van der Waals surface area contributed by atoms with Crippen molar-refractivity contribution in [3.63, 3.8) is 0 Å². The fourth-order valence-electron chi connectivity index (χ4n) is 3.41. The van der Waals surface area contributed by atoms with Crippen molar-refractivity contribution in [1.82, 2.24) is 0 Å². The van der Waals surface area contributed by atoms with Gasteiger partial charge >= 0.3 is 6.18 Å². The average molecular weight is 540 g/mol. The van der Waals surface area contributed by atoms with Crippen LogP contribution in [-0.2, 0) is 16.2 Å². The zero-order chi connectivity index (χ0) is 23.7. The fraction of sp³-hybridized carbons (Fsp3) is 0.400. The van der Waals surface area contributed by atoms with Gasteiger partial charge < -0.3 is 20.1 Å². The van der Waals surface area contributed by atoms with E-state index in [1.807, 2.05) is 0 Å². The van der Waals surface area contributed by atoms with Crippen molar-refractivity contribution in [2.24, 2.45) is 5.41 Å². The van der Waals surface area contributed by atoms with Crippen LogP contribution in [0.3, 0.4) is 0 Å². The number of nitrogens with zero attached hydrogens (tertiary/aromatic N) is 1. The van der Waals surface area contributed by atoms with Gasteiger partial charge in [-0.2, -0.15) is 13.2 Å². The number of aliphatic hydroxyl groups excluding tert-OH is 3. The van der Waals surface area contributed by atoms with Crippen LogP contribution in [0.2, 0.25) is 0 Å². The van der Waals surface area contributed by atoms with E-state index in [0.29, 0.717) is 10.5 Å². The van der Waals surface area contributed by atoms with E-state index >= 15 is 0 Å². The molecule has 1 atom stereocenters. The van der Waals surface area contributed by atoms with Gasteiger partial charge in [0.25, 0.3) is 10.0 Å². The number of halogens is 4. The Morgan fingerprint density at radius 2 is 1.72 bits per heavy atom. The number of hydrogen-bond donors (Lipinski definition) is 3. The molecule has 0 radical (unpaired) electrons. The highest BCUT2D eigenvalue weighted by Gasteiger charge is 2.40. The van der Waals surface area contributed by atoms with Crippen LogP contribution >= 0.6 is 15.9 Å². The molecule has 0 saturated heterocycles. The molecule has 0 saturated carbocycles. The molecule has 7 nitrogen and oxygen atoms in total. The van der Waals surface area contributed by atoms with Gasteiger partial charge in [-0.25, -0.2) is 8.42 Å². The zero-order valence-corrected chi connectivity index (χ0v) is 19.0. The summed E-state index contributed by atoms with van der Waals surface area (Å²) in [6.07, 6.45) is -5.71. The number of sulfonamides is 1. The van der Waals surface area contributed by atoms with Gasteiger partial charge in [-0.1, -0.05) is 22.0 Å². The summed E-state index contributed by atoms with van der Waals surface area (Å²) in [6.45, 7) is -2.03. The Bertz CT molecular complexity index is 1070. The first kappa shape index (κ1) is 24.8. The van der Waals surface area contributed by atoms with Crippen molar-refractivity contribution >= 4 is 31.6 Å². The Morgan fingerprint density at radius 1 is 1.06 bits per heavy atom. The van der Waals surface area contributed by atoms with Gasteiger partial charge in [0, 0.05) is 9.89 Å². The Hall–Kier alpha value is -1.86. The third-order valence-corrected chi connectivity index (χ3v) is 7.54. The highest BCUT2D eigenvalue weighted by molar-refractivity contribution is 9.10. The van der Waals surface area contributed by atoms with Gasteiger partial charge in [-0.3, -0.25) is 4.31 Å². The van der Waals surface area contributed by atoms with Crippen LogP contribution in [0, 0.1) is 5.41 Å². The number of benzene rings is 2. The van der Waals surface area contributed by atoms with E-state index < -0.39 is 58.0 Å². The number of alkyl halides is 3. The predicted molar refractivity (Wildman–Crippen MR) is 113 cm³/mol. The second-order valence-corrected chi connectivity index (χ2v) is 10.4. The van der Waals surface area contributed by atoms with E-state index in [1.54, 1.807) is 6.07 Å². The third-order valence-electron chi connectivity index (χ3n) is 5.27. The first-order chi connectivity index (χ1) is 15.0. The monoisotopic (exact) mass is 539 g/mol. The number of hydrogen-bond acceptors (Lipinski definition) is 6. The Labute approximate surface area is 191 Å². The molecule has 2 aromatic rings. The Morgan fingerprint density at radius 3 is 2.31 bits per heavy atom. The van der Waals surface area contributed by atoms with Crippen molar-refractivity contribution in [3.8, 4) is 5.75 Å². The van der Waals surface area contributed by atoms with Crippen LogP contribution in [-0.4, -0.2) is 56.2 Å². The molecule has 1 heterocycles. The van der Waals surface area contributed by atoms with E-state index in [4.69, 9.17) is 4.74 Å². The van der Waals surface area contributed by atoms with Crippen LogP contribution in [0.4, 0.5) is 18.9 Å². The minimum absolute atomic E-state index is 0.0966. The summed E-state index contributed by atoms with van der Waals surface area (Å²) in [7, 11) is -4.44. The van der Waals surface area contributed by atoms with Crippen LogP contribution in [0.1, 0.15) is 12.0 Å². The van der Waals surface area contributed by atoms with E-state index in [2.05, 4.69) is 15.9 Å². The lowest BCUT2D eigenvalue weighted by Gasteiger charge is -2.39. The maximum Gasteiger partial charge on any atom is 0.416 e. The molecular weight excluding hydrogens is 519 g/mol. The predicted octanol–water partition coefficient (Wildman–Crippen LogP) is 2.78. The SMILES string of the molecule is O=S(=O)(c1cccc(C(F)(F)F)c1)N1CC(CC(CO)(CO)CO)Oc2ccc(Br)cc21. The Kier molecular flexibility index (Phi) is 7.11. The molecule has 0 aromatic heterocycles. The molecule has 2 aromatic carbocycles. The number of fused-ring (bicyclic) bond motifs is 1. The fourth-order valence-corrected chi connectivity index (χ4v) is 5.30. The van der Waals surface area contributed by atoms with Crippen LogP contribution in [0.15, 0.2) is 51.8 Å². The molecule has 0 amide bonds. The lowest BCUT2D eigenvalue weighted by molar-refractivity contribution is -0.137. The third kappa shape index (κ3) is 4.88. The maximum absolute atomic E-state index is 13.4. The largest absolute Gasteiger partial charge is 0.486 e. The van der Waals surface area contributed by atoms with Crippen molar-refractivity contribution in [1.29, 1.82) is 0 Å². The maximum atomic E-state index is 13.4. The summed E-state index contributed by atoms with van der Waals surface area (Å²) in [6, 6.07) is 8.01. The van der Waals surface area contributed by atoms with Gasteiger partial charge in [0.2, 0.25) is 0 Å². The molecule has 1 aliphatic heterocycles. The molecule has 12 heteroatoms. The minimum Gasteiger partial charge on any atom is -0.486 e. The molecular formula is C20H21BrF3NO6S. The van der Waals surface area contributed by atoms with E-state index in [0.717, 1.165) is 22.5 Å². The van der Waals surface area contributed by atoms with E-state index in [9.17, 15) is 36.9 Å². The summed E-state index contributed by atoms with van der Waals surface area (Å²) in [4.78, 5) is -0.545. The van der Waals surface area contributed by atoms with Crippen molar-refractivity contribution in [2.75, 3.05) is 30.7 Å². The summed E-state index contributed by atoms with van der Waals surface area (Å²) in [5, 5.41) is 28.9. The standard InChI is InChI=1S/C20H21BrF3NO6S/c21-14-4-5-18-17(7-14)25(9-15(31-18)8-19(10-26,11-27)12-28)32(29,30)16-3-1-2-13(6-16)20(22,23)24/h1-7,15,26-28H,8-12H2. The topological polar surface area (TPSA) is 107 Å². The molecule has 0 fully saturated rings. The lowest BCUT2D eigenvalue weighted by atomic mass is 9.84. The lowest BCUT2D eigenvalue weighted by Crippen LogP contribution is -2.48. The Balaban J connectivity index is 2.06. The number of rotatable bonds is 7. The van der Waals surface area contributed by atoms with E-state index in [-0.39, 0.29) is 24.4 Å². The highest BCUT2D eigenvalue weighted by Crippen LogP contribution is 2.41. The van der Waals surface area contributed by atoms with Gasteiger partial charge in [-0.15, -0.1) is 0 Å². The quantitative estimate of drug-likeness (QED) is 0.499. The number of anilines is 1. The molecule has 3 rings (SSSR count). The smallest absolute Gasteiger partial charge is 0.416 e. The van der Waals surface area contributed by atoms with Gasteiger partial charge in [0.05, 0.1) is 42.5 Å². The summed E-state index contributed by atoms with van der Waals surface area (Å²) < 4.78 is 73.6. The molecule has 176 valence electrons. The first-order valence-electron chi connectivity index (χ1n) is 9.44. The van der Waals surface area contributed by atoms with Crippen molar-refractivity contribution < 1.29 is 41.6 Å². The van der Waals surface area contributed by atoms with Crippen molar-refractivity contribution in [3.05, 3.63) is 52.5 Å². The molecule has 1 unspecified atom stereocenters. The highest BCUT2D eigenvalue weighted by atomic mass is 79.9. The molecule has 0 aliphatic carbocycles. The van der Waals surface area contributed by atoms with Crippen molar-refractivity contribution in [2.45, 2.75) is 23.6 Å². The van der Waals surface area contributed by atoms with Gasteiger partial charge in [0.1, 0.15) is 11.9 Å². The zero-order valence-electron chi connectivity index (χ0n) is 16.6. The van der Waals surface area contributed by atoms with Gasteiger partial charge in [-0.05, 0) is 42.8 Å². The summed E-state index contributed by atoms with van der Waals surface area (Å²) in [5.41, 5.74) is -2.31. The van der Waals surface area contributed by atoms with Crippen LogP contribution < -0.4 is 9.04 Å². The average Bonchev–Trinajstić information content (AvgIpc) is 2.76. The molecule has 0 bridgehead atoms. The second kappa shape index (κ2) is 9.18. The molecule has 3 N–H and O–H groups in total. The summed E-state index contributed by atoms with van der Waals surface area (Å²) >= 11 is 3.25. The first-order valence-corrected chi connectivity index (χ1v) is 11.7. The van der Waals surface area contributed by atoms with Crippen LogP contribution in [0.5, 0.6) is 5.75 Å². The number of aliphatic hydroxyl groups is 3. The van der Waals surface area contributed by atoms with Gasteiger partial charge in [0.15, 0.2) is 0 Å². The van der Waals surface area contributed by atoms with E-state index in [1.165, 1.54) is 12.1 Å². The molecule has 1 aliphatic rings. The number of ether oxygens (including phenoxy) is 1. The summed E-state index contributed by atoms with van der Waals surface area (Å²) in [5.74, 6) is 0.155.